The lowest BCUT2D eigenvalue weighted by atomic mass is 9.73. The molecule has 3 nitrogen and oxygen atoms in total. The van der Waals surface area contributed by atoms with E-state index in [9.17, 15) is 9.59 Å². The van der Waals surface area contributed by atoms with Gasteiger partial charge in [-0.1, -0.05) is 13.8 Å². The van der Waals surface area contributed by atoms with Crippen molar-refractivity contribution in [3.63, 3.8) is 0 Å². The second-order valence-electron chi connectivity index (χ2n) is 4.64. The fourth-order valence-corrected chi connectivity index (χ4v) is 1.55. The molecule has 1 aliphatic rings. The Bertz CT molecular complexity index is 300. The molecule has 0 spiro atoms. The molecule has 1 saturated carbocycles. The highest BCUT2D eigenvalue weighted by molar-refractivity contribution is 6.23. The van der Waals surface area contributed by atoms with Gasteiger partial charge in [-0.15, -0.1) is 0 Å². The van der Waals surface area contributed by atoms with Crippen molar-refractivity contribution in [2.75, 3.05) is 14.1 Å². The van der Waals surface area contributed by atoms with Crippen molar-refractivity contribution in [1.29, 1.82) is 0 Å². The highest BCUT2D eigenvalue weighted by Gasteiger charge is 2.38. The molecule has 1 rings (SSSR count). The molecular weight excluding hydrogens is 178 g/mol. The largest absolute Gasteiger partial charge is 0.383 e. The van der Waals surface area contributed by atoms with Gasteiger partial charge >= 0.3 is 0 Å². The predicted molar refractivity (Wildman–Crippen MR) is 54.8 cm³/mol. The third-order valence-electron chi connectivity index (χ3n) is 2.52. The molecule has 0 aliphatic heterocycles. The molecule has 14 heavy (non-hydrogen) atoms. The van der Waals surface area contributed by atoms with Crippen LogP contribution in [0, 0.1) is 5.41 Å². The van der Waals surface area contributed by atoms with E-state index in [0.717, 1.165) is 0 Å². The second-order valence-corrected chi connectivity index (χ2v) is 4.64. The Hall–Kier alpha value is -1.12. The third-order valence-corrected chi connectivity index (χ3v) is 2.52. The summed E-state index contributed by atoms with van der Waals surface area (Å²) >= 11 is 0. The van der Waals surface area contributed by atoms with E-state index in [4.69, 9.17) is 0 Å². The first-order chi connectivity index (χ1) is 6.34. The van der Waals surface area contributed by atoms with Gasteiger partial charge in [0, 0.05) is 32.1 Å². The van der Waals surface area contributed by atoms with E-state index in [1.807, 2.05) is 27.9 Å². The van der Waals surface area contributed by atoms with Gasteiger partial charge in [0.2, 0.25) is 0 Å². The molecule has 0 aromatic rings. The molecule has 0 saturated heterocycles. The van der Waals surface area contributed by atoms with Gasteiger partial charge < -0.3 is 4.90 Å². The average Bonchev–Trinajstić information content (AvgIpc) is 2.06. The number of ketones is 2. The molecule has 0 radical (unpaired) electrons. The van der Waals surface area contributed by atoms with E-state index in [-0.39, 0.29) is 17.0 Å². The van der Waals surface area contributed by atoms with Gasteiger partial charge in [0.1, 0.15) is 0 Å². The second kappa shape index (κ2) is 3.56. The first-order valence-electron chi connectivity index (χ1n) is 4.81. The van der Waals surface area contributed by atoms with Crippen LogP contribution in [0.4, 0.5) is 0 Å². The average molecular weight is 195 g/mol. The van der Waals surface area contributed by atoms with Crippen LogP contribution in [0.25, 0.3) is 0 Å². The van der Waals surface area contributed by atoms with Crippen LogP contribution in [0.15, 0.2) is 11.8 Å². The summed E-state index contributed by atoms with van der Waals surface area (Å²) in [5.41, 5.74) is -0.0262. The van der Waals surface area contributed by atoms with Crippen LogP contribution in [0.5, 0.6) is 0 Å². The summed E-state index contributed by atoms with van der Waals surface area (Å²) in [6.45, 7) is 3.79. The fraction of sp³-hybridized carbons (Fsp3) is 0.636. The lowest BCUT2D eigenvalue weighted by Crippen LogP contribution is -2.35. The highest BCUT2D eigenvalue weighted by atomic mass is 16.2. The molecule has 78 valence electrons. The fourth-order valence-electron chi connectivity index (χ4n) is 1.55. The molecular formula is C11H17NO2. The Morgan fingerprint density at radius 1 is 1.29 bits per heavy atom. The molecule has 0 N–H and O–H groups in total. The molecule has 0 heterocycles. The normalized spacial score (nSPS) is 24.1. The van der Waals surface area contributed by atoms with Crippen molar-refractivity contribution in [2.45, 2.75) is 26.7 Å². The Balaban J connectivity index is 3.02. The lowest BCUT2D eigenvalue weighted by Gasteiger charge is -2.28. The van der Waals surface area contributed by atoms with Crippen LogP contribution in [0.1, 0.15) is 26.7 Å². The number of carbonyl (C=O) groups is 2. The first-order valence-corrected chi connectivity index (χ1v) is 4.81. The SMILES string of the molecule is CN(C)/C=C1/C(=O)CCC(C)(C)C1=O. The summed E-state index contributed by atoms with van der Waals surface area (Å²) < 4.78 is 0. The van der Waals surface area contributed by atoms with Gasteiger partial charge in [0.25, 0.3) is 0 Å². The summed E-state index contributed by atoms with van der Waals surface area (Å²) in [7, 11) is 3.63. The van der Waals surface area contributed by atoms with Crippen LogP contribution < -0.4 is 0 Å². The highest BCUT2D eigenvalue weighted by Crippen LogP contribution is 2.33. The molecule has 0 unspecified atom stereocenters. The van der Waals surface area contributed by atoms with Crippen molar-refractivity contribution in [2.24, 2.45) is 5.41 Å². The summed E-state index contributed by atoms with van der Waals surface area (Å²) in [6.07, 6.45) is 2.78. The van der Waals surface area contributed by atoms with E-state index in [1.54, 1.807) is 11.1 Å². The maximum atomic E-state index is 11.9. The number of rotatable bonds is 1. The number of hydrogen-bond donors (Lipinski definition) is 0. The van der Waals surface area contributed by atoms with Crippen LogP contribution in [-0.4, -0.2) is 30.6 Å². The quantitative estimate of drug-likeness (QED) is 0.468. The minimum atomic E-state index is -0.379. The van der Waals surface area contributed by atoms with E-state index in [0.29, 0.717) is 18.4 Å². The number of hydrogen-bond acceptors (Lipinski definition) is 3. The number of carbonyl (C=O) groups excluding carboxylic acids is 2. The zero-order valence-corrected chi connectivity index (χ0v) is 9.26. The minimum absolute atomic E-state index is 0.0250. The molecule has 1 aliphatic carbocycles. The van der Waals surface area contributed by atoms with E-state index < -0.39 is 0 Å². The maximum absolute atomic E-state index is 11.9. The Kier molecular flexibility index (Phi) is 2.79. The lowest BCUT2D eigenvalue weighted by molar-refractivity contribution is -0.130. The van der Waals surface area contributed by atoms with E-state index >= 15 is 0 Å². The Morgan fingerprint density at radius 2 is 1.86 bits per heavy atom. The van der Waals surface area contributed by atoms with E-state index in [2.05, 4.69) is 0 Å². The molecule has 0 aromatic heterocycles. The zero-order valence-electron chi connectivity index (χ0n) is 9.26. The Morgan fingerprint density at radius 3 is 2.36 bits per heavy atom. The van der Waals surface area contributed by atoms with Crippen molar-refractivity contribution < 1.29 is 9.59 Å². The smallest absolute Gasteiger partial charge is 0.173 e. The summed E-state index contributed by atoms with van der Waals surface area (Å²) in [4.78, 5) is 25.1. The van der Waals surface area contributed by atoms with Crippen LogP contribution in [0.2, 0.25) is 0 Å². The summed E-state index contributed by atoms with van der Waals surface area (Å²) in [5.74, 6) is -0.0505. The maximum Gasteiger partial charge on any atom is 0.173 e. The van der Waals surface area contributed by atoms with Crippen molar-refractivity contribution in [1.82, 2.24) is 4.90 Å². The number of Topliss-reactive ketones (excluding diaryl/α,β-unsaturated/α-hetero) is 2. The Labute approximate surface area is 84.8 Å². The predicted octanol–water partition coefficient (Wildman–Crippen LogP) is 1.39. The van der Waals surface area contributed by atoms with Gasteiger partial charge in [-0.2, -0.15) is 0 Å². The van der Waals surface area contributed by atoms with Crippen LogP contribution in [-0.2, 0) is 9.59 Å². The molecule has 3 heteroatoms. The van der Waals surface area contributed by atoms with Gasteiger partial charge in [-0.25, -0.2) is 0 Å². The zero-order chi connectivity index (χ0) is 10.9. The van der Waals surface area contributed by atoms with Gasteiger partial charge in [0.05, 0.1) is 5.57 Å². The molecule has 0 aromatic carbocycles. The molecule has 0 bridgehead atoms. The monoisotopic (exact) mass is 195 g/mol. The van der Waals surface area contributed by atoms with E-state index in [1.165, 1.54) is 0 Å². The van der Waals surface area contributed by atoms with Gasteiger partial charge in [0.15, 0.2) is 11.6 Å². The van der Waals surface area contributed by atoms with Crippen molar-refractivity contribution in [3.05, 3.63) is 11.8 Å². The molecule has 0 atom stereocenters. The standard InChI is InChI=1S/C11H17NO2/c1-11(2)6-5-9(13)8(10(11)14)7-12(3)4/h7H,5-6H2,1-4H3/b8-7-. The third kappa shape index (κ3) is 2.03. The minimum Gasteiger partial charge on any atom is -0.383 e. The van der Waals surface area contributed by atoms with Crippen LogP contribution in [0.3, 0.4) is 0 Å². The van der Waals surface area contributed by atoms with Crippen molar-refractivity contribution >= 4 is 11.6 Å². The van der Waals surface area contributed by atoms with Crippen molar-refractivity contribution in [3.8, 4) is 0 Å². The van der Waals surface area contributed by atoms with Gasteiger partial charge in [-0.3, -0.25) is 9.59 Å². The molecule has 1 fully saturated rings. The topological polar surface area (TPSA) is 37.4 Å². The molecule has 0 amide bonds. The number of nitrogens with zero attached hydrogens (tertiary/aromatic N) is 1. The summed E-state index contributed by atoms with van der Waals surface area (Å²) in [5, 5.41) is 0. The first kappa shape index (κ1) is 11.0. The number of allylic oxidation sites excluding steroid dienone is 1. The van der Waals surface area contributed by atoms with Gasteiger partial charge in [-0.05, 0) is 6.42 Å². The van der Waals surface area contributed by atoms with Crippen LogP contribution >= 0.6 is 0 Å². The summed E-state index contributed by atoms with van der Waals surface area (Å²) in [6, 6.07) is 0.